The van der Waals surface area contributed by atoms with Crippen LogP contribution in [0.25, 0.3) is 12.2 Å². The molecule has 28 heavy (non-hydrogen) atoms. The third-order valence-corrected chi connectivity index (χ3v) is 5.87. The van der Waals surface area contributed by atoms with Crippen molar-refractivity contribution in [3.05, 3.63) is 80.9 Å². The molecule has 0 fully saturated rings. The number of aryl methyl sites for hydroxylation is 2. The third-order valence-electron chi connectivity index (χ3n) is 5.66. The van der Waals surface area contributed by atoms with Gasteiger partial charge in [0.05, 0.1) is 0 Å². The Kier molecular flexibility index (Phi) is 5.57. The number of hydrogen-bond donors (Lipinski definition) is 1. The summed E-state index contributed by atoms with van der Waals surface area (Å²) in [5, 5.41) is 8.64. The molecule has 4 rings (SSSR count). The summed E-state index contributed by atoms with van der Waals surface area (Å²) in [5.74, 6) is -0.662. The first-order valence-corrected chi connectivity index (χ1v) is 9.65. The van der Waals surface area contributed by atoms with Crippen molar-refractivity contribution < 1.29 is 14.7 Å². The lowest BCUT2D eigenvalue weighted by atomic mass is 9.96. The molecule has 0 aromatic heterocycles. The summed E-state index contributed by atoms with van der Waals surface area (Å²) >= 11 is 5.51. The molecule has 2 aromatic carbocycles. The number of carbonyl (C=O) groups excluding carboxylic acids is 1. The van der Waals surface area contributed by atoms with Crippen LogP contribution >= 0.6 is 11.6 Å². The Labute approximate surface area is 170 Å². The minimum atomic E-state index is -0.812. The van der Waals surface area contributed by atoms with Crippen LogP contribution in [-0.4, -0.2) is 16.3 Å². The summed E-state index contributed by atoms with van der Waals surface area (Å²) in [7, 11) is 0. The number of allylic oxidation sites excluding steroid dienone is 1. The molecular formula is C24H23ClO3. The van der Waals surface area contributed by atoms with Crippen LogP contribution in [0.1, 0.15) is 59.1 Å². The molecule has 0 bridgehead atoms. The highest BCUT2D eigenvalue weighted by Gasteiger charge is 2.27. The largest absolute Gasteiger partial charge is 0.478 e. The molecule has 2 atom stereocenters. The van der Waals surface area contributed by atoms with Gasteiger partial charge in [-0.25, -0.2) is 4.79 Å². The topological polar surface area (TPSA) is 54.4 Å². The van der Waals surface area contributed by atoms with Crippen molar-refractivity contribution in [2.24, 2.45) is 0 Å². The molecule has 2 aliphatic rings. The average Bonchev–Trinajstić information content (AvgIpc) is 3.16. The van der Waals surface area contributed by atoms with E-state index < -0.39 is 5.97 Å². The van der Waals surface area contributed by atoms with Crippen LogP contribution in [0, 0.1) is 13.8 Å². The number of hydrogen-bond acceptors (Lipinski definition) is 2. The highest BCUT2D eigenvalue weighted by molar-refractivity contribution is 6.68. The van der Waals surface area contributed by atoms with Crippen molar-refractivity contribution in [2.75, 3.05) is 0 Å². The fraction of sp³-hybridized carbons (Fsp3) is 0.250. The molecule has 0 amide bonds. The van der Waals surface area contributed by atoms with E-state index in [9.17, 15) is 9.59 Å². The minimum Gasteiger partial charge on any atom is -0.478 e. The lowest BCUT2D eigenvalue weighted by Gasteiger charge is -2.08. The Morgan fingerprint density at radius 2 is 1.25 bits per heavy atom. The van der Waals surface area contributed by atoms with Crippen LogP contribution < -0.4 is 0 Å². The Balaban J connectivity index is 0.000000161. The van der Waals surface area contributed by atoms with Crippen molar-refractivity contribution in [3.63, 3.8) is 0 Å². The molecule has 3 nitrogen and oxygen atoms in total. The quantitative estimate of drug-likeness (QED) is 0.651. The maximum atomic E-state index is 11.1. The van der Waals surface area contributed by atoms with Crippen LogP contribution in [0.3, 0.4) is 0 Å². The second-order valence-corrected chi connectivity index (χ2v) is 7.72. The number of halogens is 1. The van der Waals surface area contributed by atoms with Gasteiger partial charge in [-0.05, 0) is 71.0 Å². The summed E-state index contributed by atoms with van der Waals surface area (Å²) in [6, 6.07) is 12.1. The number of rotatable bonds is 2. The molecule has 144 valence electrons. The van der Waals surface area contributed by atoms with Gasteiger partial charge in [0.15, 0.2) is 0 Å². The number of carboxylic acids is 1. The van der Waals surface area contributed by atoms with Crippen molar-refractivity contribution in [2.45, 2.75) is 39.5 Å². The van der Waals surface area contributed by atoms with Gasteiger partial charge in [0.25, 0.3) is 0 Å². The maximum Gasteiger partial charge on any atom is 0.332 e. The SMILES string of the molecule is Cc1cccc2c1C=C(C(=O)Cl)C2C.Cc1cccc2c1C=C(C(=O)O)C2C. The van der Waals surface area contributed by atoms with Gasteiger partial charge in [-0.2, -0.15) is 0 Å². The van der Waals surface area contributed by atoms with Gasteiger partial charge in [0.2, 0.25) is 5.24 Å². The molecule has 4 heteroatoms. The molecular weight excluding hydrogens is 372 g/mol. The number of aliphatic carboxylic acids is 1. The number of carbonyl (C=O) groups is 2. The van der Waals surface area contributed by atoms with Crippen molar-refractivity contribution >= 4 is 35.0 Å². The fourth-order valence-electron chi connectivity index (χ4n) is 3.93. The molecule has 2 aliphatic carbocycles. The zero-order chi connectivity index (χ0) is 20.6. The van der Waals surface area contributed by atoms with E-state index in [1.807, 2.05) is 64.1 Å². The monoisotopic (exact) mass is 394 g/mol. The summed E-state index contributed by atoms with van der Waals surface area (Å²) in [6.07, 6.45) is 3.70. The van der Waals surface area contributed by atoms with Crippen LogP contribution in [-0.2, 0) is 9.59 Å². The van der Waals surface area contributed by atoms with Crippen molar-refractivity contribution in [1.82, 2.24) is 0 Å². The first-order valence-electron chi connectivity index (χ1n) is 9.27. The first kappa shape index (κ1) is 20.1. The van der Waals surface area contributed by atoms with Crippen LogP contribution in [0.4, 0.5) is 0 Å². The van der Waals surface area contributed by atoms with Gasteiger partial charge < -0.3 is 5.11 Å². The molecule has 0 heterocycles. The van der Waals surface area contributed by atoms with Crippen molar-refractivity contribution in [3.8, 4) is 0 Å². The molecule has 0 spiro atoms. The van der Waals surface area contributed by atoms with E-state index in [0.29, 0.717) is 11.1 Å². The molecule has 2 unspecified atom stereocenters. The summed E-state index contributed by atoms with van der Waals surface area (Å²) < 4.78 is 0. The van der Waals surface area contributed by atoms with E-state index in [4.69, 9.17) is 16.7 Å². The highest BCUT2D eigenvalue weighted by Crippen LogP contribution is 2.38. The highest BCUT2D eigenvalue weighted by atomic mass is 35.5. The van der Waals surface area contributed by atoms with E-state index in [0.717, 1.165) is 22.3 Å². The molecule has 2 aromatic rings. The number of fused-ring (bicyclic) bond motifs is 2. The van der Waals surface area contributed by atoms with Gasteiger partial charge in [-0.15, -0.1) is 0 Å². The summed E-state index contributed by atoms with van der Waals surface area (Å²) in [4.78, 5) is 22.1. The molecule has 0 aliphatic heterocycles. The summed E-state index contributed by atoms with van der Waals surface area (Å²) in [5.41, 5.74) is 8.11. The maximum absolute atomic E-state index is 11.1. The molecule has 0 saturated heterocycles. The minimum absolute atomic E-state index is 0.0161. The molecule has 0 saturated carbocycles. The zero-order valence-electron chi connectivity index (χ0n) is 16.4. The number of benzene rings is 2. The van der Waals surface area contributed by atoms with Gasteiger partial charge in [0, 0.05) is 23.0 Å². The second kappa shape index (κ2) is 7.76. The lowest BCUT2D eigenvalue weighted by molar-refractivity contribution is -0.132. The van der Waals surface area contributed by atoms with Crippen LogP contribution in [0.15, 0.2) is 47.5 Å². The van der Waals surface area contributed by atoms with Gasteiger partial charge >= 0.3 is 5.97 Å². The van der Waals surface area contributed by atoms with E-state index in [2.05, 4.69) is 6.07 Å². The summed E-state index contributed by atoms with van der Waals surface area (Å²) in [6.45, 7) is 8.00. The second-order valence-electron chi connectivity index (χ2n) is 7.38. The van der Waals surface area contributed by atoms with E-state index >= 15 is 0 Å². The fourth-order valence-corrected chi connectivity index (χ4v) is 4.14. The van der Waals surface area contributed by atoms with Gasteiger partial charge in [-0.3, -0.25) is 4.79 Å². The van der Waals surface area contributed by atoms with E-state index in [1.54, 1.807) is 6.08 Å². The lowest BCUT2D eigenvalue weighted by Crippen LogP contribution is -2.04. The van der Waals surface area contributed by atoms with Crippen LogP contribution in [0.5, 0.6) is 0 Å². The first-order chi connectivity index (χ1) is 13.2. The molecule has 0 radical (unpaired) electrons. The third kappa shape index (κ3) is 3.55. The van der Waals surface area contributed by atoms with Gasteiger partial charge in [-0.1, -0.05) is 50.2 Å². The Morgan fingerprint density at radius 3 is 1.64 bits per heavy atom. The van der Waals surface area contributed by atoms with E-state index in [-0.39, 0.29) is 17.1 Å². The Bertz CT molecular complexity index is 947. The average molecular weight is 395 g/mol. The Morgan fingerprint density at radius 1 is 0.821 bits per heavy atom. The predicted octanol–water partition coefficient (Wildman–Crippen LogP) is 5.84. The Hall–Kier alpha value is -2.65. The zero-order valence-corrected chi connectivity index (χ0v) is 17.2. The van der Waals surface area contributed by atoms with Crippen LogP contribution in [0.2, 0.25) is 0 Å². The van der Waals surface area contributed by atoms with Gasteiger partial charge in [0.1, 0.15) is 0 Å². The molecule has 1 N–H and O–H groups in total. The smallest absolute Gasteiger partial charge is 0.332 e. The van der Waals surface area contributed by atoms with Crippen molar-refractivity contribution in [1.29, 1.82) is 0 Å². The normalized spacial score (nSPS) is 19.0. The predicted molar refractivity (Wildman–Crippen MR) is 114 cm³/mol. The standard InChI is InChI=1S/C12H11ClO.C12H12O2/c2*1-7-4-3-5-9-8(2)11(12(13)14)6-10(7)9/h3-6,8H,1-2H3;3-6,8H,1-2H3,(H,13,14). The number of carboxylic acid groups (broad SMARTS) is 1. The van der Waals surface area contributed by atoms with E-state index in [1.165, 1.54) is 11.1 Å².